The molecule has 1 amide bonds. The minimum absolute atomic E-state index is 0.0451. The summed E-state index contributed by atoms with van der Waals surface area (Å²) in [6.07, 6.45) is 0. The fourth-order valence-electron chi connectivity index (χ4n) is 2.45. The number of hydrogen-bond acceptors (Lipinski definition) is 6. The van der Waals surface area contributed by atoms with Gasteiger partial charge >= 0.3 is 0 Å². The van der Waals surface area contributed by atoms with Crippen LogP contribution in [0.1, 0.15) is 21.6 Å². The van der Waals surface area contributed by atoms with Crippen LogP contribution in [0, 0.1) is 11.3 Å². The van der Waals surface area contributed by atoms with Gasteiger partial charge in [0.15, 0.2) is 17.2 Å². The first kappa shape index (κ1) is 17.0. The fraction of sp³-hybridized carbons (Fsp3) is 0.111. The van der Waals surface area contributed by atoms with Gasteiger partial charge in [0.05, 0.1) is 18.7 Å². The van der Waals surface area contributed by atoms with Gasteiger partial charge in [-0.05, 0) is 24.3 Å². The minimum atomic E-state index is -0.679. The number of nitrogens with two attached hydrogens (primary N) is 1. The zero-order chi connectivity index (χ0) is 18.5. The summed E-state index contributed by atoms with van der Waals surface area (Å²) in [5, 5.41) is 19.2. The maximum Gasteiger partial charge on any atom is 0.271 e. The first-order valence-corrected chi connectivity index (χ1v) is 7.63. The van der Waals surface area contributed by atoms with Crippen LogP contribution in [0.15, 0.2) is 42.5 Å². The number of ether oxygens (including phenoxy) is 2. The number of benzene rings is 2. The molecule has 8 nitrogen and oxygen atoms in total. The number of carbonyl (C=O) groups is 1. The SMILES string of the molecule is COc1cc(-c2n[nH]nc2C(N)=O)ccc1OCc1ccccc1C#N. The van der Waals surface area contributed by atoms with E-state index in [1.807, 2.05) is 12.1 Å². The van der Waals surface area contributed by atoms with Gasteiger partial charge in [0.2, 0.25) is 0 Å². The van der Waals surface area contributed by atoms with Crippen molar-refractivity contribution in [3.05, 3.63) is 59.3 Å². The molecule has 130 valence electrons. The molecule has 0 fully saturated rings. The van der Waals surface area contributed by atoms with Gasteiger partial charge in [-0.25, -0.2) is 0 Å². The highest BCUT2D eigenvalue weighted by molar-refractivity contribution is 5.96. The zero-order valence-electron chi connectivity index (χ0n) is 13.9. The highest BCUT2D eigenvalue weighted by Gasteiger charge is 2.17. The third-order valence-corrected chi connectivity index (χ3v) is 3.74. The smallest absolute Gasteiger partial charge is 0.271 e. The van der Waals surface area contributed by atoms with Crippen LogP contribution in [-0.4, -0.2) is 28.4 Å². The molecule has 0 unspecified atom stereocenters. The van der Waals surface area contributed by atoms with Crippen molar-refractivity contribution in [2.75, 3.05) is 7.11 Å². The van der Waals surface area contributed by atoms with Crippen LogP contribution in [0.3, 0.4) is 0 Å². The largest absolute Gasteiger partial charge is 0.493 e. The Bertz CT molecular complexity index is 990. The molecular formula is C18H15N5O3. The van der Waals surface area contributed by atoms with E-state index >= 15 is 0 Å². The van der Waals surface area contributed by atoms with Crippen LogP contribution in [0.25, 0.3) is 11.3 Å². The molecule has 26 heavy (non-hydrogen) atoms. The highest BCUT2D eigenvalue weighted by atomic mass is 16.5. The van der Waals surface area contributed by atoms with Gasteiger partial charge in [-0.1, -0.05) is 18.2 Å². The number of methoxy groups -OCH3 is 1. The molecule has 1 aromatic heterocycles. The van der Waals surface area contributed by atoms with Gasteiger partial charge in [-0.2, -0.15) is 20.7 Å². The number of H-pyrrole nitrogens is 1. The molecule has 0 saturated carbocycles. The van der Waals surface area contributed by atoms with E-state index in [9.17, 15) is 4.79 Å². The first-order chi connectivity index (χ1) is 12.6. The van der Waals surface area contributed by atoms with E-state index in [4.69, 9.17) is 20.5 Å². The quantitative estimate of drug-likeness (QED) is 0.701. The molecule has 1 heterocycles. The third kappa shape index (κ3) is 3.32. The summed E-state index contributed by atoms with van der Waals surface area (Å²) < 4.78 is 11.2. The molecule has 0 saturated heterocycles. The van der Waals surface area contributed by atoms with E-state index in [-0.39, 0.29) is 12.3 Å². The second kappa shape index (κ2) is 7.36. The Morgan fingerprint density at radius 3 is 2.77 bits per heavy atom. The Morgan fingerprint density at radius 1 is 1.23 bits per heavy atom. The summed E-state index contributed by atoms with van der Waals surface area (Å²) in [5.74, 6) is 0.268. The molecule has 0 spiro atoms. The molecule has 0 aliphatic heterocycles. The van der Waals surface area contributed by atoms with Gasteiger partial charge in [-0.3, -0.25) is 4.79 Å². The fourth-order valence-corrected chi connectivity index (χ4v) is 2.45. The number of hydrogen-bond donors (Lipinski definition) is 2. The maximum atomic E-state index is 11.4. The van der Waals surface area contributed by atoms with Crippen molar-refractivity contribution in [1.82, 2.24) is 15.4 Å². The first-order valence-electron chi connectivity index (χ1n) is 7.63. The highest BCUT2D eigenvalue weighted by Crippen LogP contribution is 2.33. The van der Waals surface area contributed by atoms with Gasteiger partial charge in [-0.15, -0.1) is 0 Å². The van der Waals surface area contributed by atoms with E-state index in [1.165, 1.54) is 7.11 Å². The lowest BCUT2D eigenvalue weighted by Gasteiger charge is -2.12. The summed E-state index contributed by atoms with van der Waals surface area (Å²) in [6.45, 7) is 0.218. The predicted octanol–water partition coefficient (Wildman–Crippen LogP) is 2.03. The molecule has 8 heteroatoms. The van der Waals surface area contributed by atoms with Gasteiger partial charge in [0, 0.05) is 11.1 Å². The van der Waals surface area contributed by atoms with Crippen LogP contribution in [0.4, 0.5) is 0 Å². The predicted molar refractivity (Wildman–Crippen MR) is 92.4 cm³/mol. The monoisotopic (exact) mass is 349 g/mol. The van der Waals surface area contributed by atoms with E-state index in [0.717, 1.165) is 5.56 Å². The lowest BCUT2D eigenvalue weighted by atomic mass is 10.1. The number of nitrogens with one attached hydrogen (secondary N) is 1. The van der Waals surface area contributed by atoms with Gasteiger partial charge in [0.1, 0.15) is 12.3 Å². The normalized spacial score (nSPS) is 10.2. The van der Waals surface area contributed by atoms with Crippen molar-refractivity contribution in [1.29, 1.82) is 5.26 Å². The van der Waals surface area contributed by atoms with Gasteiger partial charge < -0.3 is 15.2 Å². The number of primary amides is 1. The topological polar surface area (TPSA) is 127 Å². The van der Waals surface area contributed by atoms with Crippen molar-refractivity contribution in [3.63, 3.8) is 0 Å². The van der Waals surface area contributed by atoms with Crippen molar-refractivity contribution in [3.8, 4) is 28.8 Å². The Morgan fingerprint density at radius 2 is 2.04 bits per heavy atom. The number of nitriles is 1. The average molecular weight is 349 g/mol. The Balaban J connectivity index is 1.87. The molecule has 2 aromatic carbocycles. The molecule has 0 atom stereocenters. The molecule has 0 radical (unpaired) electrons. The van der Waals surface area contributed by atoms with E-state index in [2.05, 4.69) is 21.5 Å². The van der Waals surface area contributed by atoms with Crippen LogP contribution in [-0.2, 0) is 6.61 Å². The van der Waals surface area contributed by atoms with Crippen molar-refractivity contribution < 1.29 is 14.3 Å². The second-order valence-electron chi connectivity index (χ2n) is 5.31. The van der Waals surface area contributed by atoms with E-state index in [1.54, 1.807) is 30.3 Å². The number of amides is 1. The maximum absolute atomic E-state index is 11.4. The summed E-state index contributed by atoms with van der Waals surface area (Å²) in [5.41, 5.74) is 7.60. The number of carbonyl (C=O) groups excluding carboxylic acids is 1. The lowest BCUT2D eigenvalue weighted by molar-refractivity contribution is 0.0996. The number of nitrogens with zero attached hydrogens (tertiary/aromatic N) is 3. The van der Waals surface area contributed by atoms with E-state index in [0.29, 0.717) is 28.3 Å². The van der Waals surface area contributed by atoms with Crippen LogP contribution in [0.5, 0.6) is 11.5 Å². The van der Waals surface area contributed by atoms with Crippen molar-refractivity contribution in [2.24, 2.45) is 5.73 Å². The summed E-state index contributed by atoms with van der Waals surface area (Å²) in [4.78, 5) is 11.4. The summed E-state index contributed by atoms with van der Waals surface area (Å²) in [6, 6.07) is 14.4. The number of aromatic amines is 1. The molecule has 0 aliphatic rings. The summed E-state index contributed by atoms with van der Waals surface area (Å²) in [7, 11) is 1.51. The molecule has 3 rings (SSSR count). The third-order valence-electron chi connectivity index (χ3n) is 3.74. The lowest BCUT2D eigenvalue weighted by Crippen LogP contribution is -2.12. The standard InChI is InChI=1S/C18H15N5O3/c1-25-15-8-11(16-17(18(20)24)22-23-21-16)6-7-14(15)26-10-13-5-3-2-4-12(13)9-19/h2-8H,10H2,1H3,(H2,20,24)(H,21,22,23). The molecule has 3 N–H and O–H groups in total. The molecular weight excluding hydrogens is 334 g/mol. The minimum Gasteiger partial charge on any atom is -0.493 e. The molecule has 0 aliphatic carbocycles. The van der Waals surface area contributed by atoms with Crippen LogP contribution >= 0.6 is 0 Å². The molecule has 0 bridgehead atoms. The number of rotatable bonds is 6. The Kier molecular flexibility index (Phi) is 4.80. The Labute approximate surface area is 149 Å². The zero-order valence-corrected chi connectivity index (χ0v) is 13.9. The van der Waals surface area contributed by atoms with E-state index < -0.39 is 5.91 Å². The average Bonchev–Trinajstić information content (AvgIpc) is 3.16. The van der Waals surface area contributed by atoms with Gasteiger partial charge in [0.25, 0.3) is 5.91 Å². The molecule has 3 aromatic rings. The van der Waals surface area contributed by atoms with Crippen molar-refractivity contribution in [2.45, 2.75) is 6.61 Å². The van der Waals surface area contributed by atoms with Crippen LogP contribution in [0.2, 0.25) is 0 Å². The summed E-state index contributed by atoms with van der Waals surface area (Å²) >= 11 is 0. The van der Waals surface area contributed by atoms with Crippen molar-refractivity contribution >= 4 is 5.91 Å². The second-order valence-corrected chi connectivity index (χ2v) is 5.31. The Hall–Kier alpha value is -3.86. The van der Waals surface area contributed by atoms with Crippen LogP contribution < -0.4 is 15.2 Å². The number of aromatic nitrogens is 3.